The number of sulfonamides is 1. The SMILES string of the molecule is O=S(=O)(Nc1cc(Cl)cnc1-c1nnc(C(F)(F)F)n1-c1ccccc1)c1ccc(Cl)c(C(F)(F)F)c1. The van der Waals surface area contributed by atoms with E-state index in [4.69, 9.17) is 23.2 Å². The van der Waals surface area contributed by atoms with Crippen molar-refractivity contribution in [3.63, 3.8) is 0 Å². The van der Waals surface area contributed by atoms with E-state index < -0.39 is 60.9 Å². The molecule has 0 spiro atoms. The third-order valence-corrected chi connectivity index (χ3v) is 6.69. The van der Waals surface area contributed by atoms with Crippen LogP contribution in [0.4, 0.5) is 32.0 Å². The summed E-state index contributed by atoms with van der Waals surface area (Å²) in [7, 11) is -4.75. The van der Waals surface area contributed by atoms with Gasteiger partial charge < -0.3 is 0 Å². The van der Waals surface area contributed by atoms with E-state index >= 15 is 0 Å². The number of anilines is 1. The van der Waals surface area contributed by atoms with Crippen molar-refractivity contribution in [2.75, 3.05) is 4.72 Å². The highest BCUT2D eigenvalue weighted by molar-refractivity contribution is 7.92. The van der Waals surface area contributed by atoms with Crippen molar-refractivity contribution in [1.82, 2.24) is 19.7 Å². The lowest BCUT2D eigenvalue weighted by molar-refractivity contribution is -0.146. The van der Waals surface area contributed by atoms with E-state index in [9.17, 15) is 34.8 Å². The van der Waals surface area contributed by atoms with Crippen molar-refractivity contribution in [2.45, 2.75) is 17.2 Å². The Morgan fingerprint density at radius 2 is 1.54 bits per heavy atom. The molecule has 0 atom stereocenters. The normalized spacial score (nSPS) is 12.5. The Bertz CT molecular complexity index is 1570. The number of hydrogen-bond acceptors (Lipinski definition) is 5. The zero-order chi connectivity index (χ0) is 27.2. The van der Waals surface area contributed by atoms with E-state index in [-0.39, 0.29) is 10.7 Å². The van der Waals surface area contributed by atoms with Gasteiger partial charge in [-0.05, 0) is 36.4 Å². The van der Waals surface area contributed by atoms with E-state index in [1.807, 2.05) is 4.72 Å². The van der Waals surface area contributed by atoms with Crippen molar-refractivity contribution < 1.29 is 34.8 Å². The summed E-state index contributed by atoms with van der Waals surface area (Å²) < 4.78 is 109. The minimum atomic E-state index is -4.95. The number of rotatable bonds is 5. The quantitative estimate of drug-likeness (QED) is 0.273. The lowest BCUT2D eigenvalue weighted by Gasteiger charge is -2.16. The molecule has 16 heteroatoms. The fraction of sp³-hybridized carbons (Fsp3) is 0.0952. The average molecular weight is 582 g/mol. The first-order chi connectivity index (χ1) is 17.2. The second-order valence-corrected chi connectivity index (χ2v) is 9.84. The Labute approximate surface area is 214 Å². The van der Waals surface area contributed by atoms with Gasteiger partial charge in [-0.3, -0.25) is 9.29 Å². The van der Waals surface area contributed by atoms with Crippen molar-refractivity contribution in [3.8, 4) is 17.2 Å². The van der Waals surface area contributed by atoms with Crippen molar-refractivity contribution in [1.29, 1.82) is 0 Å². The smallest absolute Gasteiger partial charge is 0.277 e. The van der Waals surface area contributed by atoms with Crippen LogP contribution in [-0.4, -0.2) is 28.2 Å². The number of halogens is 8. The molecular weight excluding hydrogens is 571 g/mol. The maximum Gasteiger partial charge on any atom is 0.452 e. The summed E-state index contributed by atoms with van der Waals surface area (Å²) in [6, 6.07) is 10.0. The molecule has 0 radical (unpaired) electrons. The fourth-order valence-electron chi connectivity index (χ4n) is 3.23. The van der Waals surface area contributed by atoms with Gasteiger partial charge in [0.25, 0.3) is 10.0 Å². The Balaban J connectivity index is 1.87. The number of nitrogens with zero attached hydrogens (tertiary/aromatic N) is 4. The molecule has 4 aromatic rings. The number of benzene rings is 2. The molecule has 2 aromatic heterocycles. The Kier molecular flexibility index (Phi) is 6.86. The first kappa shape index (κ1) is 26.7. The number of aromatic nitrogens is 4. The average Bonchev–Trinajstić information content (AvgIpc) is 3.24. The number of hydrogen-bond donors (Lipinski definition) is 1. The van der Waals surface area contributed by atoms with Crippen LogP contribution in [0.15, 0.2) is 65.7 Å². The zero-order valence-corrected chi connectivity index (χ0v) is 20.1. The molecule has 0 unspecified atom stereocenters. The number of para-hydroxylation sites is 1. The topological polar surface area (TPSA) is 89.8 Å². The first-order valence-electron chi connectivity index (χ1n) is 9.82. The molecule has 0 saturated carbocycles. The van der Waals surface area contributed by atoms with Crippen LogP contribution in [0, 0.1) is 0 Å². The summed E-state index contributed by atoms with van der Waals surface area (Å²) >= 11 is 11.5. The summed E-state index contributed by atoms with van der Waals surface area (Å²) in [4.78, 5) is 3.10. The third-order valence-electron chi connectivity index (χ3n) is 4.79. The predicted octanol–water partition coefficient (Wildman–Crippen LogP) is 6.47. The van der Waals surface area contributed by atoms with Gasteiger partial charge in [0.1, 0.15) is 5.69 Å². The largest absolute Gasteiger partial charge is 0.452 e. The second-order valence-electron chi connectivity index (χ2n) is 7.31. The van der Waals surface area contributed by atoms with Gasteiger partial charge >= 0.3 is 12.4 Å². The zero-order valence-electron chi connectivity index (χ0n) is 17.8. The van der Waals surface area contributed by atoms with Crippen LogP contribution < -0.4 is 4.72 Å². The number of nitrogens with one attached hydrogen (secondary N) is 1. The number of pyridine rings is 1. The van der Waals surface area contributed by atoms with Crippen LogP contribution in [0.5, 0.6) is 0 Å². The molecule has 37 heavy (non-hydrogen) atoms. The highest BCUT2D eigenvalue weighted by Gasteiger charge is 2.40. The molecule has 1 N–H and O–H groups in total. The van der Waals surface area contributed by atoms with Crippen LogP contribution in [0.2, 0.25) is 10.0 Å². The van der Waals surface area contributed by atoms with Gasteiger partial charge in [0.05, 0.1) is 26.2 Å². The molecule has 4 rings (SSSR count). The molecular formula is C21H11Cl2F6N5O2S. The molecule has 0 fully saturated rings. The Morgan fingerprint density at radius 1 is 0.865 bits per heavy atom. The van der Waals surface area contributed by atoms with Gasteiger partial charge in [-0.2, -0.15) is 26.3 Å². The fourth-order valence-corrected chi connectivity index (χ4v) is 4.70. The molecule has 0 aliphatic heterocycles. The van der Waals surface area contributed by atoms with Gasteiger partial charge in [0.15, 0.2) is 5.82 Å². The van der Waals surface area contributed by atoms with E-state index in [0.29, 0.717) is 10.6 Å². The van der Waals surface area contributed by atoms with E-state index in [0.717, 1.165) is 24.4 Å². The monoisotopic (exact) mass is 581 g/mol. The van der Waals surface area contributed by atoms with Crippen molar-refractivity contribution in [2.24, 2.45) is 0 Å². The molecule has 0 saturated heterocycles. The molecule has 7 nitrogen and oxygen atoms in total. The van der Waals surface area contributed by atoms with Crippen LogP contribution in [-0.2, 0) is 22.4 Å². The molecule has 0 amide bonds. The van der Waals surface area contributed by atoms with Crippen molar-refractivity contribution >= 4 is 38.9 Å². The standard InChI is InChI=1S/C21H11Cl2F6N5O2S/c22-11-8-16(33-37(35,36)13-6-7-15(23)14(9-13)20(24,25)26)17(30-10-11)18-31-32-19(21(27,28)29)34(18)12-4-2-1-3-5-12/h1-10,33H. The maximum absolute atomic E-state index is 13.7. The predicted molar refractivity (Wildman–Crippen MR) is 122 cm³/mol. The Morgan fingerprint density at radius 3 is 2.16 bits per heavy atom. The van der Waals surface area contributed by atoms with Crippen LogP contribution >= 0.6 is 23.2 Å². The van der Waals surface area contributed by atoms with Gasteiger partial charge in [-0.15, -0.1) is 10.2 Å². The molecule has 2 aromatic carbocycles. The van der Waals surface area contributed by atoms with Crippen LogP contribution in [0.1, 0.15) is 11.4 Å². The lowest BCUT2D eigenvalue weighted by Crippen LogP contribution is -2.17. The summed E-state index contributed by atoms with van der Waals surface area (Å²) in [5.74, 6) is -1.94. The summed E-state index contributed by atoms with van der Waals surface area (Å²) in [5, 5.41) is 5.91. The van der Waals surface area contributed by atoms with E-state index in [2.05, 4.69) is 15.2 Å². The number of alkyl halides is 6. The van der Waals surface area contributed by atoms with Gasteiger partial charge in [-0.25, -0.2) is 13.4 Å². The minimum absolute atomic E-state index is 0.0205. The van der Waals surface area contributed by atoms with E-state index in [1.165, 1.54) is 24.3 Å². The van der Waals surface area contributed by atoms with Crippen molar-refractivity contribution in [3.05, 3.63) is 82.2 Å². The van der Waals surface area contributed by atoms with Crippen LogP contribution in [0.3, 0.4) is 0 Å². The molecule has 2 heterocycles. The molecule has 0 aliphatic carbocycles. The van der Waals surface area contributed by atoms with E-state index in [1.54, 1.807) is 6.07 Å². The van der Waals surface area contributed by atoms with Gasteiger partial charge in [-0.1, -0.05) is 41.4 Å². The summed E-state index contributed by atoms with van der Waals surface area (Å²) in [6.07, 6.45) is -8.88. The Hall–Kier alpha value is -3.36. The summed E-state index contributed by atoms with van der Waals surface area (Å²) in [6.45, 7) is 0. The highest BCUT2D eigenvalue weighted by atomic mass is 35.5. The molecule has 0 aliphatic rings. The minimum Gasteiger partial charge on any atom is -0.277 e. The van der Waals surface area contributed by atoms with Gasteiger partial charge in [0.2, 0.25) is 5.82 Å². The molecule has 194 valence electrons. The van der Waals surface area contributed by atoms with Crippen LogP contribution in [0.25, 0.3) is 17.2 Å². The third kappa shape index (κ3) is 5.50. The maximum atomic E-state index is 13.7. The first-order valence-corrected chi connectivity index (χ1v) is 12.1. The van der Waals surface area contributed by atoms with Gasteiger partial charge in [0, 0.05) is 11.9 Å². The lowest BCUT2D eigenvalue weighted by atomic mass is 10.2. The highest BCUT2D eigenvalue weighted by Crippen LogP contribution is 2.38. The summed E-state index contributed by atoms with van der Waals surface area (Å²) in [5.41, 5.74) is -2.31. The second kappa shape index (κ2) is 9.50. The molecule has 0 bridgehead atoms.